The molecule has 0 aliphatic rings. The second-order valence-electron chi connectivity index (χ2n) is 5.21. The van der Waals surface area contributed by atoms with Gasteiger partial charge in [0.15, 0.2) is 5.82 Å². The first-order valence-electron chi connectivity index (χ1n) is 6.14. The number of thiazole rings is 1. The van der Waals surface area contributed by atoms with Crippen molar-refractivity contribution in [3.63, 3.8) is 0 Å². The fourth-order valence-electron chi connectivity index (χ4n) is 1.50. The van der Waals surface area contributed by atoms with Crippen LogP contribution >= 0.6 is 33.9 Å². The molecule has 0 unspecified atom stereocenters. The molecule has 0 saturated carbocycles. The molecule has 0 saturated heterocycles. The highest BCUT2D eigenvalue weighted by molar-refractivity contribution is 14.1. The van der Waals surface area contributed by atoms with E-state index < -0.39 is 0 Å². The normalized spacial score (nSPS) is 11.6. The van der Waals surface area contributed by atoms with E-state index in [-0.39, 0.29) is 5.41 Å². The van der Waals surface area contributed by atoms with Gasteiger partial charge in [-0.25, -0.2) is 15.0 Å². The van der Waals surface area contributed by atoms with Gasteiger partial charge < -0.3 is 5.32 Å². The largest absolute Gasteiger partial charge is 0.369 e. The van der Waals surface area contributed by atoms with Crippen molar-refractivity contribution in [1.82, 2.24) is 15.0 Å². The molecule has 2 aromatic heterocycles. The van der Waals surface area contributed by atoms with Crippen LogP contribution in [0.2, 0.25) is 0 Å². The van der Waals surface area contributed by atoms with Crippen LogP contribution in [0.25, 0.3) is 11.5 Å². The van der Waals surface area contributed by atoms with Gasteiger partial charge in [0, 0.05) is 23.5 Å². The number of hydrogen-bond acceptors (Lipinski definition) is 5. The molecule has 2 heterocycles. The first-order valence-corrected chi connectivity index (χ1v) is 8.10. The van der Waals surface area contributed by atoms with Crippen molar-refractivity contribution in [2.24, 2.45) is 0 Å². The minimum absolute atomic E-state index is 0.0661. The zero-order chi connectivity index (χ0) is 14.0. The Labute approximate surface area is 131 Å². The number of halogens is 1. The fraction of sp³-hybridized carbons (Fsp3) is 0.462. The predicted molar refractivity (Wildman–Crippen MR) is 88.7 cm³/mol. The number of nitrogens with one attached hydrogen (secondary N) is 1. The van der Waals surface area contributed by atoms with Crippen molar-refractivity contribution in [3.05, 3.63) is 20.2 Å². The quantitative estimate of drug-likeness (QED) is 0.810. The molecular formula is C13H17IN4S. The van der Waals surface area contributed by atoms with E-state index in [1.165, 1.54) is 0 Å². The van der Waals surface area contributed by atoms with Gasteiger partial charge in [-0.2, -0.15) is 0 Å². The summed E-state index contributed by atoms with van der Waals surface area (Å²) in [6, 6.07) is 0. The van der Waals surface area contributed by atoms with Crippen LogP contribution in [-0.4, -0.2) is 21.5 Å². The molecule has 0 aliphatic heterocycles. The van der Waals surface area contributed by atoms with Crippen molar-refractivity contribution in [1.29, 1.82) is 0 Å². The molecule has 19 heavy (non-hydrogen) atoms. The van der Waals surface area contributed by atoms with Crippen molar-refractivity contribution < 1.29 is 0 Å². The Balaban J connectivity index is 2.36. The van der Waals surface area contributed by atoms with Crippen LogP contribution < -0.4 is 5.32 Å². The van der Waals surface area contributed by atoms with Crippen LogP contribution in [0.5, 0.6) is 0 Å². The van der Waals surface area contributed by atoms with E-state index in [0.717, 1.165) is 26.6 Å². The summed E-state index contributed by atoms with van der Waals surface area (Å²) in [6.07, 6.45) is 1.83. The lowest BCUT2D eigenvalue weighted by Crippen LogP contribution is -2.10. The SMILES string of the molecule is CCNc1nc(-c2csc(C(C)(C)C)n2)ncc1I. The van der Waals surface area contributed by atoms with Gasteiger partial charge in [0.1, 0.15) is 11.5 Å². The summed E-state index contributed by atoms with van der Waals surface area (Å²) in [6.45, 7) is 9.38. The van der Waals surface area contributed by atoms with Crippen molar-refractivity contribution >= 4 is 39.7 Å². The molecule has 4 nitrogen and oxygen atoms in total. The molecule has 6 heteroatoms. The minimum atomic E-state index is 0.0661. The summed E-state index contributed by atoms with van der Waals surface area (Å²) in [5, 5.41) is 6.37. The molecular weight excluding hydrogens is 371 g/mol. The van der Waals surface area contributed by atoms with Crippen molar-refractivity contribution in [2.45, 2.75) is 33.1 Å². The Bertz CT molecular complexity index is 574. The summed E-state index contributed by atoms with van der Waals surface area (Å²) in [7, 11) is 0. The van der Waals surface area contributed by atoms with Crippen LogP contribution in [0.15, 0.2) is 11.6 Å². The van der Waals surface area contributed by atoms with Gasteiger partial charge in [0.05, 0.1) is 8.58 Å². The maximum atomic E-state index is 4.65. The van der Waals surface area contributed by atoms with Crippen LogP contribution in [-0.2, 0) is 5.41 Å². The fourth-order valence-corrected chi connectivity index (χ4v) is 2.84. The molecule has 2 rings (SSSR count). The highest BCUT2D eigenvalue weighted by atomic mass is 127. The highest BCUT2D eigenvalue weighted by Gasteiger charge is 2.19. The maximum Gasteiger partial charge on any atom is 0.181 e. The molecule has 0 aliphatic carbocycles. The molecule has 0 radical (unpaired) electrons. The van der Waals surface area contributed by atoms with Crippen molar-refractivity contribution in [2.75, 3.05) is 11.9 Å². The molecule has 2 aromatic rings. The number of nitrogens with zero attached hydrogens (tertiary/aromatic N) is 3. The van der Waals surface area contributed by atoms with Gasteiger partial charge in [0.25, 0.3) is 0 Å². The third-order valence-corrected chi connectivity index (χ3v) is 4.52. The van der Waals surface area contributed by atoms with Crippen LogP contribution in [0.3, 0.4) is 0 Å². The van der Waals surface area contributed by atoms with Gasteiger partial charge in [-0.3, -0.25) is 0 Å². The van der Waals surface area contributed by atoms with E-state index in [4.69, 9.17) is 0 Å². The average Bonchev–Trinajstić information content (AvgIpc) is 2.81. The highest BCUT2D eigenvalue weighted by Crippen LogP contribution is 2.29. The Hall–Kier alpha value is -0.760. The number of rotatable bonds is 3. The maximum absolute atomic E-state index is 4.65. The van der Waals surface area contributed by atoms with Crippen molar-refractivity contribution in [3.8, 4) is 11.5 Å². The second-order valence-corrected chi connectivity index (χ2v) is 7.23. The molecule has 0 amide bonds. The van der Waals surface area contributed by atoms with Gasteiger partial charge in [0.2, 0.25) is 0 Å². The Morgan fingerprint density at radius 3 is 2.63 bits per heavy atom. The van der Waals surface area contributed by atoms with Gasteiger partial charge in [-0.1, -0.05) is 20.8 Å². The molecule has 1 N–H and O–H groups in total. The first-order chi connectivity index (χ1) is 8.91. The summed E-state index contributed by atoms with van der Waals surface area (Å²) >= 11 is 3.89. The van der Waals surface area contributed by atoms with E-state index >= 15 is 0 Å². The summed E-state index contributed by atoms with van der Waals surface area (Å²) in [5.74, 6) is 1.56. The third kappa shape index (κ3) is 3.42. The molecule has 0 aromatic carbocycles. The third-order valence-electron chi connectivity index (χ3n) is 2.46. The lowest BCUT2D eigenvalue weighted by atomic mass is 9.98. The van der Waals surface area contributed by atoms with Crippen LogP contribution in [0, 0.1) is 3.57 Å². The van der Waals surface area contributed by atoms with E-state index in [2.05, 4.69) is 70.6 Å². The monoisotopic (exact) mass is 388 g/mol. The number of hydrogen-bond donors (Lipinski definition) is 1. The summed E-state index contributed by atoms with van der Waals surface area (Å²) in [4.78, 5) is 13.6. The lowest BCUT2D eigenvalue weighted by molar-refractivity contribution is 0.586. The topological polar surface area (TPSA) is 50.7 Å². The van der Waals surface area contributed by atoms with E-state index in [9.17, 15) is 0 Å². The number of anilines is 1. The average molecular weight is 388 g/mol. The smallest absolute Gasteiger partial charge is 0.181 e. The van der Waals surface area contributed by atoms with Crippen LogP contribution in [0.4, 0.5) is 5.82 Å². The summed E-state index contributed by atoms with van der Waals surface area (Å²) in [5.41, 5.74) is 0.918. The Morgan fingerprint density at radius 1 is 1.32 bits per heavy atom. The molecule has 0 spiro atoms. The van der Waals surface area contributed by atoms with E-state index in [1.807, 2.05) is 11.6 Å². The van der Waals surface area contributed by atoms with E-state index in [0.29, 0.717) is 5.82 Å². The standard InChI is InChI=1S/C13H17IN4S/c1-5-15-10-8(14)6-16-11(18-10)9-7-19-12(17-9)13(2,3)4/h6-7H,5H2,1-4H3,(H,15,16,18). The Kier molecular flexibility index (Phi) is 4.39. The van der Waals surface area contributed by atoms with Gasteiger partial charge in [-0.05, 0) is 29.5 Å². The van der Waals surface area contributed by atoms with Crippen LogP contribution in [0.1, 0.15) is 32.7 Å². The van der Waals surface area contributed by atoms with Gasteiger partial charge >= 0.3 is 0 Å². The zero-order valence-electron chi connectivity index (χ0n) is 11.5. The summed E-state index contributed by atoms with van der Waals surface area (Å²) < 4.78 is 1.02. The zero-order valence-corrected chi connectivity index (χ0v) is 14.5. The minimum Gasteiger partial charge on any atom is -0.369 e. The molecule has 0 atom stereocenters. The van der Waals surface area contributed by atoms with E-state index in [1.54, 1.807) is 11.3 Å². The molecule has 0 bridgehead atoms. The Morgan fingerprint density at radius 2 is 2.05 bits per heavy atom. The first kappa shape index (κ1) is 14.6. The molecule has 102 valence electrons. The predicted octanol–water partition coefficient (Wildman–Crippen LogP) is 3.93. The number of aromatic nitrogens is 3. The lowest BCUT2D eigenvalue weighted by Gasteiger charge is -2.13. The molecule has 0 fully saturated rings. The van der Waals surface area contributed by atoms with Gasteiger partial charge in [-0.15, -0.1) is 11.3 Å². The second kappa shape index (κ2) is 5.70.